The number of allylic oxidation sites excluding steroid dienone is 2. The Morgan fingerprint density at radius 1 is 0.727 bits per heavy atom. The van der Waals surface area contributed by atoms with Gasteiger partial charge in [0, 0.05) is 0 Å². The molecule has 0 bridgehead atoms. The van der Waals surface area contributed by atoms with Crippen molar-refractivity contribution in [2.75, 3.05) is 0 Å². The van der Waals surface area contributed by atoms with Crippen LogP contribution in [0.15, 0.2) is 133 Å². The summed E-state index contributed by atoms with van der Waals surface area (Å²) in [5.74, 6) is -0.857. The molecule has 4 aromatic rings. The Morgan fingerprint density at radius 3 is 1.86 bits per heavy atom. The third-order valence-electron chi connectivity index (χ3n) is 6.79. The Labute approximate surface area is 255 Å². The van der Waals surface area contributed by atoms with E-state index in [0.29, 0.717) is 23.7 Å². The van der Waals surface area contributed by atoms with E-state index in [1.807, 2.05) is 66.7 Å². The fourth-order valence-corrected chi connectivity index (χ4v) is 4.46. The largest absolute Gasteiger partial charge is 0.489 e. The lowest BCUT2D eigenvalue weighted by molar-refractivity contribution is -0.142. The lowest BCUT2D eigenvalue weighted by Gasteiger charge is -2.33. The maximum absolute atomic E-state index is 12.6. The van der Waals surface area contributed by atoms with E-state index in [1.165, 1.54) is 0 Å². The molecule has 4 aromatic carbocycles. The van der Waals surface area contributed by atoms with Crippen LogP contribution in [0.1, 0.15) is 28.4 Å². The molecule has 44 heavy (non-hydrogen) atoms. The van der Waals surface area contributed by atoms with Gasteiger partial charge in [0.1, 0.15) is 29.8 Å². The molecule has 0 radical (unpaired) electrons. The van der Waals surface area contributed by atoms with E-state index in [1.54, 1.807) is 73.7 Å². The number of carbonyl (C=O) groups excluding carboxylic acids is 1. The molecule has 0 saturated heterocycles. The number of hydrogen-bond donors (Lipinski definition) is 3. The SMILES string of the molecule is CC1(NC(=O)Cc2ccc(Oc3ccc(OCc4ccccc4)cc3)cc2)C=CC=CC1C(=O)O.O=C(O)c1ccccc1. The van der Waals surface area contributed by atoms with Gasteiger partial charge in [-0.1, -0.05) is 85.0 Å². The number of benzene rings is 4. The topological polar surface area (TPSA) is 122 Å². The molecule has 1 amide bonds. The van der Waals surface area contributed by atoms with Crippen LogP contribution < -0.4 is 14.8 Å². The van der Waals surface area contributed by atoms with Crippen molar-refractivity contribution in [2.24, 2.45) is 5.92 Å². The molecule has 0 aliphatic heterocycles. The van der Waals surface area contributed by atoms with Gasteiger partial charge in [0.25, 0.3) is 0 Å². The summed E-state index contributed by atoms with van der Waals surface area (Å²) in [6.07, 6.45) is 6.84. The van der Waals surface area contributed by atoms with Crippen LogP contribution in [0.3, 0.4) is 0 Å². The van der Waals surface area contributed by atoms with Crippen LogP contribution in [-0.2, 0) is 22.6 Å². The predicted molar refractivity (Wildman–Crippen MR) is 167 cm³/mol. The van der Waals surface area contributed by atoms with E-state index in [9.17, 15) is 19.5 Å². The van der Waals surface area contributed by atoms with Crippen LogP contribution in [0.2, 0.25) is 0 Å². The fraction of sp³-hybridized carbons (Fsp3) is 0.139. The molecular weight excluding hydrogens is 558 g/mol. The maximum Gasteiger partial charge on any atom is 0.335 e. The summed E-state index contributed by atoms with van der Waals surface area (Å²) in [5, 5.41) is 20.7. The number of aliphatic carboxylic acids is 1. The Morgan fingerprint density at radius 2 is 1.30 bits per heavy atom. The second kappa shape index (κ2) is 15.0. The van der Waals surface area contributed by atoms with E-state index in [4.69, 9.17) is 14.6 Å². The van der Waals surface area contributed by atoms with Crippen molar-refractivity contribution < 1.29 is 34.1 Å². The van der Waals surface area contributed by atoms with Crippen LogP contribution in [0.4, 0.5) is 0 Å². The molecule has 8 nitrogen and oxygen atoms in total. The molecular formula is C36H33NO7. The van der Waals surface area contributed by atoms with Gasteiger partial charge >= 0.3 is 11.9 Å². The Bertz CT molecular complexity index is 1600. The maximum atomic E-state index is 12.6. The van der Waals surface area contributed by atoms with Crippen LogP contribution in [0, 0.1) is 5.92 Å². The van der Waals surface area contributed by atoms with E-state index in [2.05, 4.69) is 5.32 Å². The Hall–Kier alpha value is -5.63. The quantitative estimate of drug-likeness (QED) is 0.188. The Kier molecular flexibility index (Phi) is 10.7. The van der Waals surface area contributed by atoms with Gasteiger partial charge in [-0.05, 0) is 66.6 Å². The predicted octanol–water partition coefficient (Wildman–Crippen LogP) is 6.69. The number of hydrogen-bond acceptors (Lipinski definition) is 5. The van der Waals surface area contributed by atoms with E-state index in [-0.39, 0.29) is 12.3 Å². The van der Waals surface area contributed by atoms with E-state index < -0.39 is 23.4 Å². The van der Waals surface area contributed by atoms with Crippen LogP contribution in [0.5, 0.6) is 17.2 Å². The summed E-state index contributed by atoms with van der Waals surface area (Å²) in [4.78, 5) is 34.4. The lowest BCUT2D eigenvalue weighted by atomic mass is 9.82. The highest BCUT2D eigenvalue weighted by atomic mass is 16.5. The minimum Gasteiger partial charge on any atom is -0.489 e. The van der Waals surface area contributed by atoms with Gasteiger partial charge in [-0.2, -0.15) is 0 Å². The summed E-state index contributed by atoms with van der Waals surface area (Å²) in [7, 11) is 0. The molecule has 0 fully saturated rings. The number of amides is 1. The second-order valence-corrected chi connectivity index (χ2v) is 10.2. The van der Waals surface area contributed by atoms with Crippen molar-refractivity contribution in [3.63, 3.8) is 0 Å². The fourth-order valence-electron chi connectivity index (χ4n) is 4.46. The molecule has 0 aromatic heterocycles. The molecule has 0 heterocycles. The van der Waals surface area contributed by atoms with Crippen LogP contribution in [-0.4, -0.2) is 33.6 Å². The molecule has 1 aliphatic rings. The third kappa shape index (κ3) is 9.19. The van der Waals surface area contributed by atoms with Gasteiger partial charge in [-0.3, -0.25) is 9.59 Å². The van der Waals surface area contributed by atoms with Crippen LogP contribution in [0.25, 0.3) is 0 Å². The second-order valence-electron chi connectivity index (χ2n) is 10.2. The van der Waals surface area contributed by atoms with Crippen molar-refractivity contribution in [1.29, 1.82) is 0 Å². The van der Waals surface area contributed by atoms with Gasteiger partial charge in [-0.15, -0.1) is 0 Å². The summed E-state index contributed by atoms with van der Waals surface area (Å²) >= 11 is 0. The number of carboxylic acids is 2. The number of carboxylic acid groups (broad SMARTS) is 2. The van der Waals surface area contributed by atoms with Gasteiger partial charge in [0.05, 0.1) is 17.5 Å². The van der Waals surface area contributed by atoms with Crippen molar-refractivity contribution >= 4 is 17.8 Å². The molecule has 224 valence electrons. The minimum atomic E-state index is -0.981. The Balaban J connectivity index is 0.000000421. The summed E-state index contributed by atoms with van der Waals surface area (Å²) in [5.41, 5.74) is 1.25. The van der Waals surface area contributed by atoms with Crippen molar-refractivity contribution in [3.05, 3.63) is 150 Å². The molecule has 3 N–H and O–H groups in total. The first kappa shape index (κ1) is 31.3. The highest BCUT2D eigenvalue weighted by Gasteiger charge is 2.37. The lowest BCUT2D eigenvalue weighted by Crippen LogP contribution is -2.53. The first-order chi connectivity index (χ1) is 21.2. The summed E-state index contributed by atoms with van der Waals surface area (Å²) < 4.78 is 11.7. The zero-order valence-electron chi connectivity index (χ0n) is 24.1. The van der Waals surface area contributed by atoms with Crippen molar-refractivity contribution in [2.45, 2.75) is 25.5 Å². The molecule has 8 heteroatoms. The first-order valence-corrected chi connectivity index (χ1v) is 13.9. The molecule has 5 rings (SSSR count). The summed E-state index contributed by atoms with van der Waals surface area (Å²) in [6.45, 7) is 2.21. The number of nitrogens with one attached hydrogen (secondary N) is 1. The van der Waals surface area contributed by atoms with E-state index >= 15 is 0 Å². The zero-order chi connectivity index (χ0) is 31.4. The van der Waals surface area contributed by atoms with Crippen molar-refractivity contribution in [3.8, 4) is 17.2 Å². The molecule has 0 saturated carbocycles. The zero-order valence-corrected chi connectivity index (χ0v) is 24.1. The van der Waals surface area contributed by atoms with Gasteiger partial charge in [-0.25, -0.2) is 4.79 Å². The van der Waals surface area contributed by atoms with Gasteiger partial charge < -0.3 is 25.0 Å². The number of rotatable bonds is 10. The smallest absolute Gasteiger partial charge is 0.335 e. The normalized spacial score (nSPS) is 16.6. The van der Waals surface area contributed by atoms with E-state index in [0.717, 1.165) is 16.9 Å². The highest BCUT2D eigenvalue weighted by Crippen LogP contribution is 2.26. The monoisotopic (exact) mass is 591 g/mol. The average Bonchev–Trinajstić information content (AvgIpc) is 3.03. The first-order valence-electron chi connectivity index (χ1n) is 13.9. The average molecular weight is 592 g/mol. The van der Waals surface area contributed by atoms with Gasteiger partial charge in [0.2, 0.25) is 5.91 Å². The molecule has 2 atom stereocenters. The minimum absolute atomic E-state index is 0.132. The third-order valence-corrected chi connectivity index (χ3v) is 6.79. The highest BCUT2D eigenvalue weighted by molar-refractivity contribution is 5.87. The van der Waals surface area contributed by atoms with Crippen LogP contribution >= 0.6 is 0 Å². The van der Waals surface area contributed by atoms with Gasteiger partial charge in [0.15, 0.2) is 0 Å². The molecule has 1 aliphatic carbocycles. The molecule has 2 unspecified atom stereocenters. The summed E-state index contributed by atoms with van der Waals surface area (Å²) in [6, 6.07) is 32.9. The number of carbonyl (C=O) groups is 3. The van der Waals surface area contributed by atoms with Crippen molar-refractivity contribution in [1.82, 2.24) is 5.32 Å². The number of ether oxygens (including phenoxy) is 2. The number of aromatic carboxylic acids is 1. The molecule has 0 spiro atoms. The standard InChI is InChI=1S/C29H27NO5.C7H6O2/c1-29(18-6-5-9-26(29)28(32)33)30-27(31)19-21-10-12-24(13-11-21)35-25-16-14-23(15-17-25)34-20-22-7-3-2-4-8-22;8-7(9)6-4-2-1-3-5-6/h2-18,26H,19-20H2,1H3,(H,30,31)(H,32,33);1-5H,(H,8,9).